The van der Waals surface area contributed by atoms with Gasteiger partial charge in [0.15, 0.2) is 23.0 Å². The normalized spacial score (nSPS) is 29.8. The van der Waals surface area contributed by atoms with Crippen LogP contribution in [0.5, 0.6) is 0 Å². The molecule has 2 rings (SSSR count). The predicted molar refractivity (Wildman–Crippen MR) is 103 cm³/mol. The Bertz CT molecular complexity index is 1200. The van der Waals surface area contributed by atoms with Crippen LogP contribution in [-0.4, -0.2) is 58.7 Å². The third kappa shape index (κ3) is 6.44. The molecule has 1 fully saturated rings. The van der Waals surface area contributed by atoms with Crippen LogP contribution in [0.15, 0.2) is 6.20 Å². The van der Waals surface area contributed by atoms with Crippen molar-refractivity contribution < 1.29 is 65.0 Å². The second kappa shape index (κ2) is 9.49. The molecule has 0 amide bonds. The molecule has 1 saturated heterocycles. The van der Waals surface area contributed by atoms with E-state index < -0.39 is 64.6 Å². The summed E-state index contributed by atoms with van der Waals surface area (Å²) in [7, 11) is -17.0. The molecule has 0 bridgehead atoms. The van der Waals surface area contributed by atoms with Crippen LogP contribution >= 0.6 is 47.9 Å². The van der Waals surface area contributed by atoms with Gasteiger partial charge in [0, 0.05) is 6.20 Å². The number of ether oxygens (including phenoxy) is 1. The number of rotatable bonds is 8. The molecule has 0 radical (unpaired) electrons. The maximum absolute atomic E-state index is 14.8. The Hall–Kier alpha value is -0.730. The molecule has 6 N–H and O–H groups in total. The average Bonchev–Trinajstić information content (AvgIpc) is 2.85. The molecule has 180 valence electrons. The summed E-state index contributed by atoms with van der Waals surface area (Å²) in [5.74, 6) is 0.669. The van der Waals surface area contributed by atoms with Crippen LogP contribution in [0.4, 0.5) is 8.78 Å². The van der Waals surface area contributed by atoms with E-state index >= 15 is 0 Å². The van der Waals surface area contributed by atoms with E-state index in [4.69, 9.17) is 38.1 Å². The molecule has 0 aliphatic carbocycles. The maximum atomic E-state index is 14.8. The molecule has 6 atom stereocenters. The number of hydrogen-bond acceptors (Lipinski definition) is 10. The number of aliphatic hydroxyl groups is 1. The van der Waals surface area contributed by atoms with Crippen molar-refractivity contribution in [1.82, 2.24) is 9.55 Å². The number of hydrogen-bond donors (Lipinski definition) is 6. The molecule has 21 heteroatoms. The van der Waals surface area contributed by atoms with Crippen LogP contribution in [0.2, 0.25) is 0 Å². The number of H-pyrrole nitrogens is 1. The number of phosphoric acid groups is 3. The summed E-state index contributed by atoms with van der Waals surface area (Å²) in [5.41, 5.74) is -2.80. The zero-order valence-corrected chi connectivity index (χ0v) is 19.4. The number of terminal acetylenes is 1. The van der Waals surface area contributed by atoms with Gasteiger partial charge in [0.2, 0.25) is 5.60 Å². The van der Waals surface area contributed by atoms with Gasteiger partial charge in [0.25, 0.3) is 0 Å². The first-order valence-electron chi connectivity index (χ1n) is 7.70. The predicted octanol–water partition coefficient (Wildman–Crippen LogP) is 1.36. The van der Waals surface area contributed by atoms with Gasteiger partial charge in [-0.2, -0.15) is 8.62 Å². The molecule has 0 aromatic carbocycles. The summed E-state index contributed by atoms with van der Waals surface area (Å²) < 4.78 is 78.7. The summed E-state index contributed by atoms with van der Waals surface area (Å²) in [6.45, 7) is -1.26. The van der Waals surface area contributed by atoms with Gasteiger partial charge >= 0.3 is 23.5 Å². The van der Waals surface area contributed by atoms with E-state index in [2.05, 4.69) is 30.3 Å². The highest BCUT2D eigenvalue weighted by Crippen LogP contribution is 2.66. The number of phosphoric ester groups is 1. The first-order chi connectivity index (χ1) is 14.4. The molecule has 1 aromatic rings. The zero-order chi connectivity index (χ0) is 24.7. The molecule has 14 nitrogen and oxygen atoms in total. The number of aromatic nitrogens is 2. The Balaban J connectivity index is 2.23. The summed E-state index contributed by atoms with van der Waals surface area (Å²) in [6, 6.07) is 0. The van der Waals surface area contributed by atoms with E-state index in [1.165, 1.54) is 0 Å². The van der Waals surface area contributed by atoms with Crippen molar-refractivity contribution in [2.45, 2.75) is 24.1 Å². The summed E-state index contributed by atoms with van der Waals surface area (Å²) in [5, 5.41) is 10.5. The minimum atomic E-state index is -5.81. The monoisotopic (exact) mass is 560 g/mol. The second-order valence-corrected chi connectivity index (χ2v) is 11.1. The SMILES string of the molecule is C#CC1(O)[C@@H](F)[C@@H](COP(=O)(O)OP(=O)(O)OP(=O)(O)O)O[C@H]1n1cc(F)c(=S)[nH]c1=S. The molecule has 2 heterocycles. The standard InChI is InChI=1S/C11H13F2N2O12P3S2/c1-2-11(16)7(13)6(25-9(11)15-3-5(12)8(31)14-10(15)32)4-24-29(20,21)27-30(22,23)26-28(17,18)19/h1,3,6-7,9,16H,4H2,(H,20,21)(H,22,23)(H,14,31,32)(H2,17,18,19)/t6-,7+,9-,11?/m1/s1. The lowest BCUT2D eigenvalue weighted by Gasteiger charge is -2.26. The summed E-state index contributed by atoms with van der Waals surface area (Å²) in [6.07, 6.45) is -0.545. The summed E-state index contributed by atoms with van der Waals surface area (Å²) >= 11 is 9.55. The Morgan fingerprint density at radius 1 is 1.25 bits per heavy atom. The molecule has 3 unspecified atom stereocenters. The molecule has 1 aromatic heterocycles. The van der Waals surface area contributed by atoms with Crippen LogP contribution in [0, 0.1) is 27.6 Å². The van der Waals surface area contributed by atoms with Gasteiger partial charge in [0.1, 0.15) is 10.7 Å². The van der Waals surface area contributed by atoms with Gasteiger partial charge in [-0.05, 0) is 12.2 Å². The van der Waals surface area contributed by atoms with Crippen LogP contribution in [-0.2, 0) is 31.6 Å². The number of nitrogens with one attached hydrogen (secondary N) is 1. The third-order valence-corrected chi connectivity index (χ3v) is 8.07. The molecule has 1 aliphatic rings. The van der Waals surface area contributed by atoms with Crippen molar-refractivity contribution in [1.29, 1.82) is 0 Å². The number of alkyl halides is 1. The maximum Gasteiger partial charge on any atom is 0.490 e. The van der Waals surface area contributed by atoms with E-state index in [9.17, 15) is 32.5 Å². The fraction of sp³-hybridized carbons (Fsp3) is 0.455. The zero-order valence-electron chi connectivity index (χ0n) is 15.0. The van der Waals surface area contributed by atoms with E-state index in [1.807, 2.05) is 0 Å². The van der Waals surface area contributed by atoms with Gasteiger partial charge in [0.05, 0.1) is 6.61 Å². The first-order valence-corrected chi connectivity index (χ1v) is 13.0. The summed E-state index contributed by atoms with van der Waals surface area (Å²) in [4.78, 5) is 37.7. The topological polar surface area (TPSA) is 210 Å². The van der Waals surface area contributed by atoms with E-state index in [0.717, 1.165) is 0 Å². The van der Waals surface area contributed by atoms with Crippen molar-refractivity contribution in [3.8, 4) is 12.3 Å². The fourth-order valence-electron chi connectivity index (χ4n) is 2.42. The minimum Gasteiger partial charge on any atom is -0.371 e. The van der Waals surface area contributed by atoms with Crippen LogP contribution in [0.3, 0.4) is 0 Å². The van der Waals surface area contributed by atoms with Gasteiger partial charge in [-0.3, -0.25) is 9.09 Å². The van der Waals surface area contributed by atoms with Gasteiger partial charge in [-0.1, -0.05) is 18.1 Å². The van der Waals surface area contributed by atoms with Crippen molar-refractivity contribution in [3.63, 3.8) is 0 Å². The Kier molecular flexibility index (Phi) is 8.16. The number of aromatic amines is 1. The highest BCUT2D eigenvalue weighted by Gasteiger charge is 2.57. The molecule has 0 saturated carbocycles. The lowest BCUT2D eigenvalue weighted by molar-refractivity contribution is -0.0738. The van der Waals surface area contributed by atoms with Gasteiger partial charge < -0.3 is 34.4 Å². The fourth-order valence-corrected chi connectivity index (χ4v) is 5.91. The highest BCUT2D eigenvalue weighted by molar-refractivity contribution is 7.72. The van der Waals surface area contributed by atoms with Crippen molar-refractivity contribution >= 4 is 47.9 Å². The van der Waals surface area contributed by atoms with E-state index in [1.54, 1.807) is 5.92 Å². The Morgan fingerprint density at radius 3 is 2.38 bits per heavy atom. The minimum absolute atomic E-state index is 0.337. The number of nitrogens with zero attached hydrogens (tertiary/aromatic N) is 1. The smallest absolute Gasteiger partial charge is 0.371 e. The van der Waals surface area contributed by atoms with Gasteiger partial charge in [-0.15, -0.1) is 6.42 Å². The Labute approximate surface area is 187 Å². The molecule has 32 heavy (non-hydrogen) atoms. The highest BCUT2D eigenvalue weighted by atomic mass is 32.1. The largest absolute Gasteiger partial charge is 0.490 e. The lowest BCUT2D eigenvalue weighted by Crippen LogP contribution is -2.43. The molecular formula is C11H13F2N2O12P3S2. The average molecular weight is 560 g/mol. The third-order valence-electron chi connectivity index (χ3n) is 3.65. The quantitative estimate of drug-likeness (QED) is 0.151. The molecule has 0 spiro atoms. The number of halogens is 2. The second-order valence-electron chi connectivity index (χ2n) is 5.93. The van der Waals surface area contributed by atoms with Crippen molar-refractivity contribution in [2.24, 2.45) is 0 Å². The van der Waals surface area contributed by atoms with Crippen molar-refractivity contribution in [2.75, 3.05) is 6.61 Å². The van der Waals surface area contributed by atoms with Crippen molar-refractivity contribution in [3.05, 3.63) is 21.4 Å². The van der Waals surface area contributed by atoms with E-state index in [-0.39, 0.29) is 4.77 Å². The van der Waals surface area contributed by atoms with Crippen LogP contribution < -0.4 is 0 Å². The van der Waals surface area contributed by atoms with Gasteiger partial charge in [-0.25, -0.2) is 22.5 Å². The first kappa shape index (κ1) is 27.5. The van der Waals surface area contributed by atoms with E-state index in [0.29, 0.717) is 10.8 Å². The van der Waals surface area contributed by atoms with Crippen LogP contribution in [0.25, 0.3) is 0 Å². The lowest BCUT2D eigenvalue weighted by atomic mass is 9.96. The Morgan fingerprint density at radius 2 is 1.84 bits per heavy atom. The molecule has 1 aliphatic heterocycles. The van der Waals surface area contributed by atoms with Crippen LogP contribution in [0.1, 0.15) is 6.23 Å². The molecular weight excluding hydrogens is 547 g/mol.